The fourth-order valence-electron chi connectivity index (χ4n) is 3.76. The van der Waals surface area contributed by atoms with Gasteiger partial charge in [0.05, 0.1) is 29.5 Å². The Morgan fingerprint density at radius 2 is 1.91 bits per heavy atom. The summed E-state index contributed by atoms with van der Waals surface area (Å²) in [5.74, 6) is -1.55. The fourth-order valence-corrected chi connectivity index (χ4v) is 3.76. The number of carbonyl (C=O) groups excluding carboxylic acids is 1. The van der Waals surface area contributed by atoms with Gasteiger partial charge in [-0.25, -0.2) is 4.98 Å². The molecule has 2 aromatic carbocycles. The number of fused-ring (bicyclic) bond motifs is 2. The first-order valence-electron chi connectivity index (χ1n) is 10.3. The number of alkyl halides is 3. The van der Waals surface area contributed by atoms with Gasteiger partial charge in [-0.05, 0) is 35.9 Å². The highest BCUT2D eigenvalue weighted by molar-refractivity contribution is 6.06. The summed E-state index contributed by atoms with van der Waals surface area (Å²) in [6.45, 7) is 0.125. The van der Waals surface area contributed by atoms with Crippen molar-refractivity contribution in [2.75, 3.05) is 0 Å². The van der Waals surface area contributed by atoms with E-state index in [1.54, 1.807) is 42.6 Å². The molecule has 5 aromatic rings. The van der Waals surface area contributed by atoms with Gasteiger partial charge in [0, 0.05) is 28.6 Å². The third kappa shape index (κ3) is 4.56. The Labute approximate surface area is 195 Å². The number of hydrogen-bond donors (Lipinski definition) is 3. The number of amides is 1. The van der Waals surface area contributed by atoms with Crippen LogP contribution in [-0.4, -0.2) is 37.5 Å². The molecule has 0 saturated carbocycles. The number of rotatable bonds is 5. The largest absolute Gasteiger partial charge is 0.573 e. The van der Waals surface area contributed by atoms with Crippen LogP contribution in [0.4, 0.5) is 13.2 Å². The van der Waals surface area contributed by atoms with Crippen LogP contribution in [-0.2, 0) is 6.54 Å². The summed E-state index contributed by atoms with van der Waals surface area (Å²) in [4.78, 5) is 21.3. The standard InChI is InChI=1S/C24H16F3N5O3/c25-24(26,27)35-14-8-16(15-5-3-6-19-18(15)12-30-32-19)22-17(9-14)21(33)10-20(31-22)23(34)29-11-13-4-1-2-7-28-13/h1-10,12H,11H2,(H,29,34)(H,30,32)(H,31,33). The predicted molar refractivity (Wildman–Crippen MR) is 121 cm³/mol. The van der Waals surface area contributed by atoms with Gasteiger partial charge in [0.1, 0.15) is 17.2 Å². The summed E-state index contributed by atoms with van der Waals surface area (Å²) in [6, 6.07) is 13.7. The van der Waals surface area contributed by atoms with Crippen LogP contribution in [0.2, 0.25) is 0 Å². The highest BCUT2D eigenvalue weighted by Crippen LogP contribution is 2.40. The molecule has 3 heterocycles. The Bertz CT molecular complexity index is 1550. The number of ether oxygens (including phenoxy) is 1. The predicted octanol–water partition coefficient (Wildman–Crippen LogP) is 4.71. The van der Waals surface area contributed by atoms with E-state index in [1.165, 1.54) is 12.3 Å². The van der Waals surface area contributed by atoms with Gasteiger partial charge in [0.25, 0.3) is 5.91 Å². The van der Waals surface area contributed by atoms with Gasteiger partial charge >= 0.3 is 6.36 Å². The molecule has 8 nitrogen and oxygen atoms in total. The summed E-state index contributed by atoms with van der Waals surface area (Å²) < 4.78 is 43.1. The zero-order chi connectivity index (χ0) is 24.6. The number of pyridine rings is 2. The average molecular weight is 479 g/mol. The second-order valence-corrected chi connectivity index (χ2v) is 7.58. The van der Waals surface area contributed by atoms with Crippen LogP contribution in [0.15, 0.2) is 67.0 Å². The minimum atomic E-state index is -4.94. The number of aromatic nitrogens is 4. The normalized spacial score (nSPS) is 11.6. The molecule has 0 aliphatic rings. The van der Waals surface area contributed by atoms with Crippen molar-refractivity contribution >= 4 is 27.7 Å². The van der Waals surface area contributed by atoms with E-state index < -0.39 is 23.8 Å². The lowest BCUT2D eigenvalue weighted by atomic mass is 9.98. The summed E-state index contributed by atoms with van der Waals surface area (Å²) in [6.07, 6.45) is -1.83. The van der Waals surface area contributed by atoms with Crippen LogP contribution in [0.5, 0.6) is 11.5 Å². The van der Waals surface area contributed by atoms with Gasteiger partial charge in [0.15, 0.2) is 0 Å². The lowest BCUT2D eigenvalue weighted by Gasteiger charge is -2.15. The topological polar surface area (TPSA) is 113 Å². The zero-order valence-corrected chi connectivity index (χ0v) is 17.8. The van der Waals surface area contributed by atoms with Crippen LogP contribution in [0.25, 0.3) is 32.9 Å². The van der Waals surface area contributed by atoms with E-state index >= 15 is 0 Å². The molecule has 176 valence electrons. The van der Waals surface area contributed by atoms with E-state index in [0.29, 0.717) is 22.2 Å². The minimum absolute atomic E-state index is 0.0106. The summed E-state index contributed by atoms with van der Waals surface area (Å²) in [5, 5.41) is 20.7. The highest BCUT2D eigenvalue weighted by Gasteiger charge is 2.32. The molecule has 1 amide bonds. The first kappa shape index (κ1) is 22.1. The van der Waals surface area contributed by atoms with Crippen LogP contribution < -0.4 is 10.1 Å². The number of carbonyl (C=O) groups is 1. The van der Waals surface area contributed by atoms with Gasteiger partial charge in [-0.15, -0.1) is 13.2 Å². The summed E-state index contributed by atoms with van der Waals surface area (Å²) in [5.41, 5.74) is 1.99. The molecule has 0 aliphatic carbocycles. The monoisotopic (exact) mass is 479 g/mol. The molecule has 0 spiro atoms. The Kier molecular flexibility index (Phi) is 5.44. The molecule has 3 N–H and O–H groups in total. The molecule has 0 bridgehead atoms. The third-order valence-corrected chi connectivity index (χ3v) is 5.26. The molecule has 0 unspecified atom stereocenters. The number of H-pyrrole nitrogens is 1. The maximum absolute atomic E-state index is 13.0. The molecular weight excluding hydrogens is 463 g/mol. The van der Waals surface area contributed by atoms with E-state index in [0.717, 1.165) is 12.1 Å². The van der Waals surface area contributed by atoms with E-state index in [-0.39, 0.29) is 28.7 Å². The molecule has 0 atom stereocenters. The number of nitrogens with zero attached hydrogens (tertiary/aromatic N) is 3. The molecule has 0 aliphatic heterocycles. The van der Waals surface area contributed by atoms with E-state index in [1.807, 2.05) is 0 Å². The molecule has 0 saturated heterocycles. The van der Waals surface area contributed by atoms with Crippen molar-refractivity contribution in [3.63, 3.8) is 0 Å². The van der Waals surface area contributed by atoms with Gasteiger partial charge in [-0.2, -0.15) is 5.10 Å². The third-order valence-electron chi connectivity index (χ3n) is 5.26. The molecule has 5 rings (SSSR count). The average Bonchev–Trinajstić information content (AvgIpc) is 3.31. The number of aromatic hydroxyl groups is 1. The molecule has 0 radical (unpaired) electrons. The van der Waals surface area contributed by atoms with Crippen molar-refractivity contribution in [2.45, 2.75) is 12.9 Å². The minimum Gasteiger partial charge on any atom is -0.507 e. The fraction of sp³-hybridized carbons (Fsp3) is 0.0833. The van der Waals surface area contributed by atoms with E-state index in [2.05, 4.69) is 30.2 Å². The zero-order valence-electron chi connectivity index (χ0n) is 17.8. The smallest absolute Gasteiger partial charge is 0.507 e. The van der Waals surface area contributed by atoms with Crippen LogP contribution >= 0.6 is 0 Å². The molecule has 0 fully saturated rings. The van der Waals surface area contributed by atoms with E-state index in [9.17, 15) is 23.1 Å². The van der Waals surface area contributed by atoms with Crippen molar-refractivity contribution < 1.29 is 27.8 Å². The number of halogens is 3. The number of benzene rings is 2. The lowest BCUT2D eigenvalue weighted by Crippen LogP contribution is -2.24. The van der Waals surface area contributed by atoms with E-state index in [4.69, 9.17) is 0 Å². The number of nitrogens with one attached hydrogen (secondary N) is 2. The molecule has 3 aromatic heterocycles. The van der Waals surface area contributed by atoms with Gasteiger partial charge in [-0.3, -0.25) is 14.9 Å². The Morgan fingerprint density at radius 3 is 2.69 bits per heavy atom. The van der Waals surface area contributed by atoms with Crippen LogP contribution in [0, 0.1) is 0 Å². The quantitative estimate of drug-likeness (QED) is 0.337. The Morgan fingerprint density at radius 1 is 1.06 bits per heavy atom. The van der Waals surface area contributed by atoms with Crippen molar-refractivity contribution in [3.8, 4) is 22.6 Å². The highest BCUT2D eigenvalue weighted by atomic mass is 19.4. The summed E-state index contributed by atoms with van der Waals surface area (Å²) >= 11 is 0. The van der Waals surface area contributed by atoms with Crippen LogP contribution in [0.3, 0.4) is 0 Å². The van der Waals surface area contributed by atoms with Crippen LogP contribution in [0.1, 0.15) is 16.2 Å². The SMILES string of the molecule is O=C(NCc1ccccn1)c1cc(O)c2cc(OC(F)(F)F)cc(-c3cccc4[nH]ncc34)c2n1. The van der Waals surface area contributed by atoms with Crippen molar-refractivity contribution in [1.29, 1.82) is 0 Å². The number of hydrogen-bond acceptors (Lipinski definition) is 6. The van der Waals surface area contributed by atoms with Crippen molar-refractivity contribution in [3.05, 3.63) is 78.4 Å². The summed E-state index contributed by atoms with van der Waals surface area (Å²) in [7, 11) is 0. The first-order valence-corrected chi connectivity index (χ1v) is 10.3. The molecule has 35 heavy (non-hydrogen) atoms. The van der Waals surface area contributed by atoms with Crippen molar-refractivity contribution in [1.82, 2.24) is 25.5 Å². The maximum atomic E-state index is 13.0. The lowest BCUT2D eigenvalue weighted by molar-refractivity contribution is -0.274. The number of aromatic amines is 1. The Hall–Kier alpha value is -4.67. The molecule has 11 heteroatoms. The van der Waals surface area contributed by atoms with Gasteiger partial charge in [0.2, 0.25) is 0 Å². The maximum Gasteiger partial charge on any atom is 0.573 e. The van der Waals surface area contributed by atoms with Gasteiger partial charge in [-0.1, -0.05) is 18.2 Å². The second-order valence-electron chi connectivity index (χ2n) is 7.58. The first-order chi connectivity index (χ1) is 16.8. The van der Waals surface area contributed by atoms with Gasteiger partial charge < -0.3 is 15.2 Å². The van der Waals surface area contributed by atoms with Crippen molar-refractivity contribution in [2.24, 2.45) is 0 Å². The second kappa shape index (κ2) is 8.60. The Balaban J connectivity index is 1.64. The molecular formula is C24H16F3N5O3.